The van der Waals surface area contributed by atoms with E-state index in [1.165, 1.54) is 38.9 Å². The normalized spacial score (nSPS) is 16.8. The first kappa shape index (κ1) is 34.8. The number of allylic oxidation sites excluding steroid dienone is 4. The van der Waals surface area contributed by atoms with Crippen LogP contribution in [0.15, 0.2) is 193 Å². The number of furan rings is 1. The number of rotatable bonds is 5. The molecule has 57 heavy (non-hydrogen) atoms. The van der Waals surface area contributed by atoms with Gasteiger partial charge in [0.05, 0.1) is 0 Å². The maximum atomic E-state index is 6.73. The second-order valence-electron chi connectivity index (χ2n) is 16.8. The number of benzene rings is 7. The molecule has 0 atom stereocenters. The minimum atomic E-state index is -0.173. The lowest BCUT2D eigenvalue weighted by Gasteiger charge is -2.30. The van der Waals surface area contributed by atoms with Crippen molar-refractivity contribution in [2.75, 3.05) is 4.90 Å². The van der Waals surface area contributed by atoms with Gasteiger partial charge in [-0.15, -0.1) is 0 Å². The highest BCUT2D eigenvalue weighted by atomic mass is 16.3. The van der Waals surface area contributed by atoms with E-state index in [4.69, 9.17) is 11.0 Å². The van der Waals surface area contributed by atoms with Crippen LogP contribution in [0.3, 0.4) is 0 Å². The van der Waals surface area contributed by atoms with Crippen molar-refractivity contribution >= 4 is 38.9 Å². The van der Waals surface area contributed by atoms with Crippen molar-refractivity contribution in [2.24, 2.45) is 0 Å². The molecule has 2 aliphatic rings. The summed E-state index contributed by atoms with van der Waals surface area (Å²) in [4.78, 5) is 2.44. The predicted octanol–water partition coefficient (Wildman–Crippen LogP) is 15.2. The minimum absolute atomic E-state index is 0.156. The molecule has 276 valence electrons. The van der Waals surface area contributed by atoms with Crippen molar-refractivity contribution in [3.05, 3.63) is 210 Å². The van der Waals surface area contributed by atoms with Crippen LogP contribution >= 0.6 is 0 Å². The Morgan fingerprint density at radius 3 is 1.93 bits per heavy atom. The molecular formula is C55H45NO. The first-order chi connectivity index (χ1) is 27.7. The zero-order valence-electron chi connectivity index (χ0n) is 33.0. The number of anilines is 2. The maximum absolute atomic E-state index is 6.73. The van der Waals surface area contributed by atoms with Gasteiger partial charge < -0.3 is 9.32 Å². The molecule has 0 bridgehead atoms. The van der Waals surface area contributed by atoms with E-state index in [0.29, 0.717) is 0 Å². The van der Waals surface area contributed by atoms with Crippen LogP contribution in [0.1, 0.15) is 56.4 Å². The highest BCUT2D eigenvalue weighted by Crippen LogP contribution is 2.51. The van der Waals surface area contributed by atoms with Crippen molar-refractivity contribution in [1.29, 1.82) is 0 Å². The molecule has 0 unspecified atom stereocenters. The molecule has 1 aromatic heterocycles. The number of hydrogen-bond donors (Lipinski definition) is 0. The van der Waals surface area contributed by atoms with Crippen LogP contribution in [-0.4, -0.2) is 0 Å². The molecule has 2 aliphatic carbocycles. The second kappa shape index (κ2) is 13.2. The van der Waals surface area contributed by atoms with Gasteiger partial charge in [-0.2, -0.15) is 0 Å². The van der Waals surface area contributed by atoms with Crippen LogP contribution in [0.5, 0.6) is 0 Å². The van der Waals surface area contributed by atoms with Crippen LogP contribution in [0.2, 0.25) is 0 Å². The van der Waals surface area contributed by atoms with Crippen molar-refractivity contribution < 1.29 is 4.42 Å². The van der Waals surface area contributed by atoms with E-state index in [2.05, 4.69) is 202 Å². The van der Waals surface area contributed by atoms with Gasteiger partial charge in [-0.1, -0.05) is 162 Å². The molecule has 7 aromatic carbocycles. The van der Waals surface area contributed by atoms with Gasteiger partial charge in [-0.3, -0.25) is 0 Å². The molecule has 0 spiro atoms. The van der Waals surface area contributed by atoms with Gasteiger partial charge in [0, 0.05) is 38.8 Å². The predicted molar refractivity (Wildman–Crippen MR) is 241 cm³/mol. The van der Waals surface area contributed by atoms with Crippen LogP contribution in [0.25, 0.3) is 60.9 Å². The lowest BCUT2D eigenvalue weighted by Crippen LogP contribution is -2.19. The van der Waals surface area contributed by atoms with E-state index < -0.39 is 0 Å². The second-order valence-corrected chi connectivity index (χ2v) is 16.8. The topological polar surface area (TPSA) is 16.4 Å². The third-order valence-corrected chi connectivity index (χ3v) is 12.3. The molecule has 2 nitrogen and oxygen atoms in total. The first-order valence-electron chi connectivity index (χ1n) is 20.0. The molecule has 1 heterocycles. The van der Waals surface area contributed by atoms with Gasteiger partial charge in [-0.05, 0) is 116 Å². The summed E-state index contributed by atoms with van der Waals surface area (Å²) < 4.78 is 6.73. The monoisotopic (exact) mass is 735 g/mol. The molecule has 2 heteroatoms. The van der Waals surface area contributed by atoms with Crippen LogP contribution in [-0.2, 0) is 10.8 Å². The fraction of sp³-hybridized carbons (Fsp3) is 0.127. The number of nitrogens with zero attached hydrogens (tertiary/aromatic N) is 1. The summed E-state index contributed by atoms with van der Waals surface area (Å²) in [5.74, 6) is 0. The molecule has 0 N–H and O–H groups in total. The molecule has 8 aromatic rings. The van der Waals surface area contributed by atoms with E-state index in [9.17, 15) is 0 Å². The summed E-state index contributed by atoms with van der Waals surface area (Å²) in [5, 5.41) is 2.24. The molecular weight excluding hydrogens is 691 g/mol. The molecule has 0 amide bonds. The summed E-state index contributed by atoms with van der Waals surface area (Å²) in [7, 11) is 0. The first-order valence-corrected chi connectivity index (χ1v) is 20.0. The van der Waals surface area contributed by atoms with Crippen LogP contribution in [0, 0.1) is 0 Å². The third-order valence-electron chi connectivity index (χ3n) is 12.3. The van der Waals surface area contributed by atoms with Gasteiger partial charge in [0.25, 0.3) is 0 Å². The van der Waals surface area contributed by atoms with Crippen molar-refractivity contribution in [2.45, 2.75) is 44.9 Å². The van der Waals surface area contributed by atoms with Crippen LogP contribution in [0.4, 0.5) is 11.4 Å². The molecule has 0 saturated carbocycles. The molecule has 0 radical (unpaired) electrons. The number of hydrogen-bond acceptors (Lipinski definition) is 2. The van der Waals surface area contributed by atoms with Crippen molar-refractivity contribution in [3.8, 4) is 33.4 Å². The van der Waals surface area contributed by atoms with E-state index in [1.807, 2.05) is 6.07 Å². The number of para-hydroxylation sites is 1. The lowest BCUT2D eigenvalue weighted by atomic mass is 9.77. The Balaban J connectivity index is 1.24. The molecule has 0 fully saturated rings. The largest absolute Gasteiger partial charge is 0.455 e. The highest BCUT2D eigenvalue weighted by molar-refractivity contribution is 6.09. The Morgan fingerprint density at radius 2 is 1.19 bits per heavy atom. The average Bonchev–Trinajstić information content (AvgIpc) is 3.73. The van der Waals surface area contributed by atoms with Crippen LogP contribution < -0.4 is 4.90 Å². The fourth-order valence-corrected chi connectivity index (χ4v) is 9.31. The zero-order chi connectivity index (χ0) is 38.9. The standard InChI is InChI=1S/C55H45NO/c1-36-31-41(21-16-30-54(2,3)49-29-28-47-46-23-13-15-25-51(46)57-53(47)52(36)49)56(42-26-27-45-44-22-12-14-24-48(44)55(4,5)50(45)35-42)43-33-39(37-17-8-6-9-18-37)32-40(34-43)38-19-10-7-11-20-38/h6-29,31-35H,1,30H2,2-5H3/b21-16-,41-31+. The fourth-order valence-electron chi connectivity index (χ4n) is 9.31. The Morgan fingerprint density at radius 1 is 0.544 bits per heavy atom. The van der Waals surface area contributed by atoms with E-state index in [0.717, 1.165) is 67.7 Å². The quantitative estimate of drug-likeness (QED) is 0.175. The molecule has 0 aliphatic heterocycles. The van der Waals surface area contributed by atoms with Crippen molar-refractivity contribution in [3.63, 3.8) is 0 Å². The summed E-state index contributed by atoms with van der Waals surface area (Å²) in [6, 6.07) is 57.2. The zero-order valence-corrected chi connectivity index (χ0v) is 33.0. The van der Waals surface area contributed by atoms with Gasteiger partial charge in [0.15, 0.2) is 0 Å². The van der Waals surface area contributed by atoms with E-state index >= 15 is 0 Å². The summed E-state index contributed by atoms with van der Waals surface area (Å²) in [6.45, 7) is 14.2. The SMILES string of the molecule is C=C1/C=C(N(c2cc(-c3ccccc3)cc(-c3ccccc3)c2)c2ccc3c(c2)C(C)(C)c2ccccc2-3)\C=C/CC(C)(C)c2ccc3c(oc4ccccc43)c21. The van der Waals surface area contributed by atoms with Gasteiger partial charge in [0.2, 0.25) is 0 Å². The summed E-state index contributed by atoms with van der Waals surface area (Å²) in [6.07, 6.45) is 7.76. The summed E-state index contributed by atoms with van der Waals surface area (Å²) >= 11 is 0. The van der Waals surface area contributed by atoms with Gasteiger partial charge >= 0.3 is 0 Å². The van der Waals surface area contributed by atoms with Gasteiger partial charge in [-0.25, -0.2) is 0 Å². The Bertz CT molecular complexity index is 2880. The van der Waals surface area contributed by atoms with Crippen molar-refractivity contribution in [1.82, 2.24) is 0 Å². The molecule has 10 rings (SSSR count). The molecule has 0 saturated heterocycles. The van der Waals surface area contributed by atoms with E-state index in [-0.39, 0.29) is 10.8 Å². The third kappa shape index (κ3) is 5.78. The minimum Gasteiger partial charge on any atom is -0.455 e. The Kier molecular flexibility index (Phi) is 8.09. The summed E-state index contributed by atoms with van der Waals surface area (Å²) in [5.41, 5.74) is 17.9. The average molecular weight is 736 g/mol. The maximum Gasteiger partial charge on any atom is 0.143 e. The van der Waals surface area contributed by atoms with Gasteiger partial charge in [0.1, 0.15) is 11.2 Å². The Labute approximate surface area is 335 Å². The Hall–Kier alpha value is -6.64. The highest BCUT2D eigenvalue weighted by Gasteiger charge is 2.36. The lowest BCUT2D eigenvalue weighted by molar-refractivity contribution is 0.532. The smallest absolute Gasteiger partial charge is 0.143 e. The number of fused-ring (bicyclic) bond motifs is 8. The van der Waals surface area contributed by atoms with E-state index in [1.54, 1.807) is 0 Å².